The van der Waals surface area contributed by atoms with E-state index in [1.54, 1.807) is 0 Å². The van der Waals surface area contributed by atoms with Crippen molar-refractivity contribution in [2.24, 2.45) is 5.73 Å². The fourth-order valence-electron chi connectivity index (χ4n) is 7.09. The number of carboxylic acid groups (broad SMARTS) is 1. The molecule has 0 bridgehead atoms. The number of hydrogen-bond acceptors (Lipinski definition) is 8. The number of unbranched alkanes of at least 4 members (excludes halogenated alkanes) is 25. The van der Waals surface area contributed by atoms with Crippen LogP contribution in [0.15, 0.2) is 0 Å². The van der Waals surface area contributed by atoms with Gasteiger partial charge in [0.05, 0.1) is 13.2 Å². The van der Waals surface area contributed by atoms with Gasteiger partial charge >= 0.3 is 5.97 Å². The molecule has 7 N–H and O–H groups in total. The first-order valence-corrected chi connectivity index (χ1v) is 22.8. The van der Waals surface area contributed by atoms with Crippen LogP contribution < -0.4 is 16.4 Å². The minimum absolute atomic E-state index is 0.115. The van der Waals surface area contributed by atoms with E-state index < -0.39 is 60.9 Å². The molecule has 12 heteroatoms. The Labute approximate surface area is 340 Å². The maximum absolute atomic E-state index is 13.8. The number of nitrogens with zero attached hydrogens (tertiary/aromatic N) is 1. The molecule has 0 aliphatic rings. The SMILES string of the molecule is CCCCCCCCCCCCCCCC(=O)N(C(=O)CCCCCCCCCCCCCCC)[C@@H](CCCCN)C(=O)N[C@@H](CO)C(=O)N[C@@H](CO)C(=O)O. The molecule has 0 saturated heterocycles. The van der Waals surface area contributed by atoms with Crippen molar-refractivity contribution in [3.8, 4) is 0 Å². The number of rotatable bonds is 40. The highest BCUT2D eigenvalue weighted by Gasteiger charge is 2.36. The summed E-state index contributed by atoms with van der Waals surface area (Å²) in [6, 6.07) is -4.41. The van der Waals surface area contributed by atoms with Crippen molar-refractivity contribution in [3.05, 3.63) is 0 Å². The van der Waals surface area contributed by atoms with Crippen molar-refractivity contribution in [3.63, 3.8) is 0 Å². The molecule has 0 heterocycles. The minimum atomic E-state index is -1.63. The van der Waals surface area contributed by atoms with Gasteiger partial charge in [-0.1, -0.05) is 168 Å². The molecular weight excluding hydrogens is 713 g/mol. The predicted octanol–water partition coefficient (Wildman–Crippen LogP) is 7.84. The molecule has 0 radical (unpaired) electrons. The number of aliphatic hydroxyl groups excluding tert-OH is 2. The second kappa shape index (κ2) is 38.0. The molecule has 0 rings (SSSR count). The van der Waals surface area contributed by atoms with Gasteiger partial charge in [0.15, 0.2) is 0 Å². The largest absolute Gasteiger partial charge is 0.480 e. The number of carboxylic acids is 1. The van der Waals surface area contributed by atoms with Crippen LogP contribution >= 0.6 is 0 Å². The van der Waals surface area contributed by atoms with Crippen LogP contribution in [0.3, 0.4) is 0 Å². The van der Waals surface area contributed by atoms with Crippen molar-refractivity contribution in [1.82, 2.24) is 15.5 Å². The van der Waals surface area contributed by atoms with Gasteiger partial charge in [0.2, 0.25) is 23.6 Å². The molecule has 3 atom stereocenters. The van der Waals surface area contributed by atoms with Crippen LogP contribution in [-0.2, 0) is 24.0 Å². The van der Waals surface area contributed by atoms with E-state index in [2.05, 4.69) is 24.5 Å². The average molecular weight is 797 g/mol. The number of carbonyl (C=O) groups excluding carboxylic acids is 4. The van der Waals surface area contributed by atoms with Crippen LogP contribution in [0.2, 0.25) is 0 Å². The molecular formula is C44H84N4O8. The van der Waals surface area contributed by atoms with Crippen molar-refractivity contribution in [1.29, 1.82) is 0 Å². The Morgan fingerprint density at radius 1 is 0.482 bits per heavy atom. The lowest BCUT2D eigenvalue weighted by atomic mass is 10.0. The van der Waals surface area contributed by atoms with Gasteiger partial charge < -0.3 is 31.7 Å². The second-order valence-electron chi connectivity index (χ2n) is 15.8. The van der Waals surface area contributed by atoms with Crippen molar-refractivity contribution in [2.45, 2.75) is 231 Å². The zero-order valence-electron chi connectivity index (χ0n) is 35.7. The highest BCUT2D eigenvalue weighted by molar-refractivity contribution is 6.01. The first kappa shape index (κ1) is 53.4. The first-order chi connectivity index (χ1) is 27.2. The summed E-state index contributed by atoms with van der Waals surface area (Å²) in [7, 11) is 0. The fourth-order valence-corrected chi connectivity index (χ4v) is 7.09. The minimum Gasteiger partial charge on any atom is -0.480 e. The molecule has 0 aromatic rings. The van der Waals surface area contributed by atoms with Gasteiger partial charge in [0, 0.05) is 12.8 Å². The monoisotopic (exact) mass is 797 g/mol. The number of imide groups is 1. The van der Waals surface area contributed by atoms with E-state index in [0.29, 0.717) is 32.2 Å². The van der Waals surface area contributed by atoms with Gasteiger partial charge in [0.1, 0.15) is 18.1 Å². The van der Waals surface area contributed by atoms with E-state index in [-0.39, 0.29) is 19.3 Å². The summed E-state index contributed by atoms with van der Waals surface area (Å²) < 4.78 is 0. The summed E-state index contributed by atoms with van der Waals surface area (Å²) in [5, 5.41) is 33.0. The summed E-state index contributed by atoms with van der Waals surface area (Å²) in [6.07, 6.45) is 31.4. The van der Waals surface area contributed by atoms with Gasteiger partial charge in [-0.05, 0) is 38.6 Å². The third kappa shape index (κ3) is 27.9. The number of carbonyl (C=O) groups is 5. The third-order valence-corrected chi connectivity index (χ3v) is 10.7. The van der Waals surface area contributed by atoms with Crippen molar-refractivity contribution >= 4 is 29.6 Å². The lowest BCUT2D eigenvalue weighted by molar-refractivity contribution is -0.153. The zero-order valence-corrected chi connectivity index (χ0v) is 35.7. The summed E-state index contributed by atoms with van der Waals surface area (Å²) in [6.45, 7) is 3.08. The van der Waals surface area contributed by atoms with Crippen LogP contribution in [0.1, 0.15) is 213 Å². The summed E-state index contributed by atoms with van der Waals surface area (Å²) in [4.78, 5) is 66.6. The van der Waals surface area contributed by atoms with Crippen LogP contribution in [0.5, 0.6) is 0 Å². The number of hydrogen-bond donors (Lipinski definition) is 6. The number of amides is 4. The molecule has 0 spiro atoms. The van der Waals surface area contributed by atoms with Gasteiger partial charge in [-0.25, -0.2) is 4.79 Å². The highest BCUT2D eigenvalue weighted by atomic mass is 16.4. The molecule has 328 valence electrons. The Kier molecular flexibility index (Phi) is 36.2. The Bertz CT molecular complexity index is 972. The number of aliphatic hydroxyl groups is 2. The molecule has 0 aromatic heterocycles. The summed E-state index contributed by atoms with van der Waals surface area (Å²) in [5.74, 6) is -4.14. The van der Waals surface area contributed by atoms with E-state index in [1.165, 1.54) is 116 Å². The number of nitrogens with two attached hydrogens (primary N) is 1. The Balaban J connectivity index is 5.39. The second-order valence-corrected chi connectivity index (χ2v) is 15.8. The Morgan fingerprint density at radius 3 is 1.14 bits per heavy atom. The highest BCUT2D eigenvalue weighted by Crippen LogP contribution is 2.19. The van der Waals surface area contributed by atoms with Crippen LogP contribution in [0.4, 0.5) is 0 Å². The Morgan fingerprint density at radius 2 is 0.821 bits per heavy atom. The van der Waals surface area contributed by atoms with Crippen molar-refractivity contribution in [2.75, 3.05) is 19.8 Å². The first-order valence-electron chi connectivity index (χ1n) is 22.8. The molecule has 0 aliphatic carbocycles. The van der Waals surface area contributed by atoms with Crippen LogP contribution in [-0.4, -0.2) is 87.7 Å². The predicted molar refractivity (Wildman–Crippen MR) is 225 cm³/mol. The quantitative estimate of drug-likeness (QED) is 0.0334. The molecule has 4 amide bonds. The molecule has 0 fully saturated rings. The molecule has 0 saturated carbocycles. The molecule has 0 aliphatic heterocycles. The number of nitrogens with one attached hydrogen (secondary N) is 2. The topological polar surface area (TPSA) is 199 Å². The van der Waals surface area contributed by atoms with Crippen molar-refractivity contribution < 1.29 is 39.3 Å². The zero-order chi connectivity index (χ0) is 41.7. The van der Waals surface area contributed by atoms with E-state index in [0.717, 1.165) is 43.4 Å². The van der Waals surface area contributed by atoms with E-state index in [1.807, 2.05) is 0 Å². The van der Waals surface area contributed by atoms with Gasteiger partial charge in [-0.15, -0.1) is 0 Å². The molecule has 0 unspecified atom stereocenters. The molecule has 0 aromatic carbocycles. The summed E-state index contributed by atoms with van der Waals surface area (Å²) >= 11 is 0. The molecule has 56 heavy (non-hydrogen) atoms. The fraction of sp³-hybridized carbons (Fsp3) is 0.886. The number of aliphatic carboxylic acids is 1. The maximum atomic E-state index is 13.8. The lowest BCUT2D eigenvalue weighted by Gasteiger charge is -2.31. The molecule has 12 nitrogen and oxygen atoms in total. The normalized spacial score (nSPS) is 12.9. The smallest absolute Gasteiger partial charge is 0.328 e. The van der Waals surface area contributed by atoms with Crippen LogP contribution in [0.25, 0.3) is 0 Å². The standard InChI is InChI=1S/C44H84N4O8/c1-3-5-7-9-11-13-15-17-19-21-23-25-27-32-40(51)48(41(52)33-28-26-24-22-20-18-16-14-12-10-8-6-4-2)39(31-29-30-34-45)43(54)46-37(35-49)42(53)47-38(36-50)44(55)56/h37-39,49-50H,3-36,45H2,1-2H3,(H,46,54)(H,47,53)(H,55,56)/t37-,38-,39-/m0/s1. The lowest BCUT2D eigenvalue weighted by Crippen LogP contribution is -2.59. The van der Waals surface area contributed by atoms with E-state index in [9.17, 15) is 39.3 Å². The van der Waals surface area contributed by atoms with Gasteiger partial charge in [-0.2, -0.15) is 0 Å². The maximum Gasteiger partial charge on any atom is 0.328 e. The van der Waals surface area contributed by atoms with Gasteiger partial charge in [0.25, 0.3) is 0 Å². The average Bonchev–Trinajstić information content (AvgIpc) is 3.18. The van der Waals surface area contributed by atoms with E-state index in [4.69, 9.17) is 5.73 Å². The van der Waals surface area contributed by atoms with Gasteiger partial charge in [-0.3, -0.25) is 24.1 Å². The van der Waals surface area contributed by atoms with Crippen LogP contribution in [0, 0.1) is 0 Å². The summed E-state index contributed by atoms with van der Waals surface area (Å²) in [5.41, 5.74) is 5.73. The third-order valence-electron chi connectivity index (χ3n) is 10.7. The van der Waals surface area contributed by atoms with E-state index >= 15 is 0 Å². The Hall–Kier alpha value is -2.57.